The molecule has 0 spiro atoms. The molecule has 0 atom stereocenters. The molecule has 9 nitrogen and oxygen atoms in total. The SMILES string of the molecule is CCOC(=O)c1cn2ccnc(N3CCN(C(=O)CCO)CC3)c2n1. The van der Waals surface area contributed by atoms with E-state index in [0.717, 1.165) is 0 Å². The summed E-state index contributed by atoms with van der Waals surface area (Å²) in [6.45, 7) is 4.27. The Balaban J connectivity index is 1.78. The molecule has 3 heterocycles. The highest BCUT2D eigenvalue weighted by atomic mass is 16.5. The first kappa shape index (κ1) is 17.2. The van der Waals surface area contributed by atoms with E-state index in [9.17, 15) is 9.59 Å². The number of carbonyl (C=O) groups is 2. The summed E-state index contributed by atoms with van der Waals surface area (Å²) in [6, 6.07) is 0. The fraction of sp³-hybridized carbons (Fsp3) is 0.500. The molecule has 0 bridgehead atoms. The molecular weight excluding hydrogens is 326 g/mol. The highest BCUT2D eigenvalue weighted by molar-refractivity contribution is 5.88. The first-order chi connectivity index (χ1) is 12.1. The lowest BCUT2D eigenvalue weighted by atomic mass is 10.3. The lowest BCUT2D eigenvalue weighted by Gasteiger charge is -2.35. The number of aromatic nitrogens is 3. The Kier molecular flexibility index (Phi) is 5.13. The summed E-state index contributed by atoms with van der Waals surface area (Å²) < 4.78 is 6.74. The monoisotopic (exact) mass is 347 g/mol. The van der Waals surface area contributed by atoms with E-state index in [1.165, 1.54) is 0 Å². The quantitative estimate of drug-likeness (QED) is 0.756. The van der Waals surface area contributed by atoms with Gasteiger partial charge < -0.3 is 24.0 Å². The third-order valence-electron chi connectivity index (χ3n) is 4.10. The number of carbonyl (C=O) groups excluding carboxylic acids is 2. The summed E-state index contributed by atoms with van der Waals surface area (Å²) in [7, 11) is 0. The number of piperazine rings is 1. The minimum atomic E-state index is -0.462. The number of rotatable bonds is 5. The largest absolute Gasteiger partial charge is 0.461 e. The van der Waals surface area contributed by atoms with Crippen LogP contribution in [0.15, 0.2) is 18.6 Å². The maximum Gasteiger partial charge on any atom is 0.358 e. The van der Waals surface area contributed by atoms with Crippen molar-refractivity contribution in [2.24, 2.45) is 0 Å². The average Bonchev–Trinajstić information content (AvgIpc) is 3.07. The number of hydrogen-bond acceptors (Lipinski definition) is 7. The minimum Gasteiger partial charge on any atom is -0.461 e. The Hall–Kier alpha value is -2.68. The van der Waals surface area contributed by atoms with Gasteiger partial charge >= 0.3 is 5.97 Å². The van der Waals surface area contributed by atoms with Gasteiger partial charge in [0, 0.05) is 51.2 Å². The fourth-order valence-corrected chi connectivity index (χ4v) is 2.85. The van der Waals surface area contributed by atoms with Crippen molar-refractivity contribution in [1.29, 1.82) is 0 Å². The molecule has 0 saturated carbocycles. The van der Waals surface area contributed by atoms with Crippen LogP contribution in [-0.4, -0.2) is 75.6 Å². The molecule has 1 aliphatic heterocycles. The van der Waals surface area contributed by atoms with Crippen molar-refractivity contribution in [3.63, 3.8) is 0 Å². The van der Waals surface area contributed by atoms with E-state index in [-0.39, 0.29) is 24.6 Å². The van der Waals surface area contributed by atoms with Crippen molar-refractivity contribution in [2.75, 3.05) is 44.3 Å². The van der Waals surface area contributed by atoms with E-state index >= 15 is 0 Å². The number of anilines is 1. The molecular formula is C16H21N5O4. The summed E-state index contributed by atoms with van der Waals surface area (Å²) in [5, 5.41) is 8.88. The van der Waals surface area contributed by atoms with Crippen molar-refractivity contribution >= 4 is 23.3 Å². The van der Waals surface area contributed by atoms with Crippen LogP contribution in [0.1, 0.15) is 23.8 Å². The van der Waals surface area contributed by atoms with E-state index in [4.69, 9.17) is 9.84 Å². The molecule has 1 N–H and O–H groups in total. The van der Waals surface area contributed by atoms with E-state index in [1.54, 1.807) is 34.8 Å². The molecule has 1 amide bonds. The zero-order valence-corrected chi connectivity index (χ0v) is 14.1. The highest BCUT2D eigenvalue weighted by Gasteiger charge is 2.24. The van der Waals surface area contributed by atoms with Crippen LogP contribution in [0.25, 0.3) is 5.65 Å². The minimum absolute atomic E-state index is 0.0428. The van der Waals surface area contributed by atoms with Gasteiger partial charge in [-0.25, -0.2) is 14.8 Å². The summed E-state index contributed by atoms with van der Waals surface area (Å²) >= 11 is 0. The number of aliphatic hydroxyl groups excluding tert-OH is 1. The Morgan fingerprint density at radius 1 is 1.28 bits per heavy atom. The van der Waals surface area contributed by atoms with Crippen molar-refractivity contribution in [2.45, 2.75) is 13.3 Å². The Labute approximate surface area is 144 Å². The van der Waals surface area contributed by atoms with Gasteiger partial charge in [-0.05, 0) is 6.92 Å². The number of aliphatic hydroxyl groups is 1. The Morgan fingerprint density at radius 3 is 2.72 bits per heavy atom. The first-order valence-corrected chi connectivity index (χ1v) is 8.28. The molecule has 2 aromatic heterocycles. The Morgan fingerprint density at radius 2 is 2.04 bits per heavy atom. The zero-order valence-electron chi connectivity index (χ0n) is 14.1. The second-order valence-electron chi connectivity index (χ2n) is 5.67. The molecule has 0 aromatic carbocycles. The predicted octanol–water partition coefficient (Wildman–Crippen LogP) is -0.0630. The maximum absolute atomic E-state index is 11.9. The van der Waals surface area contributed by atoms with Gasteiger partial charge in [0.15, 0.2) is 17.2 Å². The van der Waals surface area contributed by atoms with Crippen LogP contribution in [0.3, 0.4) is 0 Å². The van der Waals surface area contributed by atoms with Gasteiger partial charge in [-0.15, -0.1) is 0 Å². The van der Waals surface area contributed by atoms with Crippen molar-refractivity contribution in [3.8, 4) is 0 Å². The number of fused-ring (bicyclic) bond motifs is 1. The smallest absolute Gasteiger partial charge is 0.358 e. The fourth-order valence-electron chi connectivity index (χ4n) is 2.85. The number of nitrogens with zero attached hydrogens (tertiary/aromatic N) is 5. The van der Waals surface area contributed by atoms with Crippen LogP contribution in [0.2, 0.25) is 0 Å². The molecule has 0 unspecified atom stereocenters. The standard InChI is InChI=1S/C16H21N5O4/c1-2-25-16(24)12-11-21-5-4-17-14(15(21)18-12)20-8-6-19(7-9-20)13(23)3-10-22/h4-5,11,22H,2-3,6-10H2,1H3. The molecule has 2 aromatic rings. The third kappa shape index (κ3) is 3.55. The number of imidazole rings is 1. The summed E-state index contributed by atoms with van der Waals surface area (Å²) in [4.78, 5) is 36.3. The molecule has 0 radical (unpaired) electrons. The van der Waals surface area contributed by atoms with Crippen molar-refractivity contribution in [3.05, 3.63) is 24.3 Å². The molecule has 9 heteroatoms. The van der Waals surface area contributed by atoms with Crippen LogP contribution < -0.4 is 4.90 Å². The van der Waals surface area contributed by atoms with Gasteiger partial charge in [-0.3, -0.25) is 4.79 Å². The number of ether oxygens (including phenoxy) is 1. The van der Waals surface area contributed by atoms with E-state index in [0.29, 0.717) is 44.3 Å². The van der Waals surface area contributed by atoms with Crippen molar-refractivity contribution in [1.82, 2.24) is 19.3 Å². The van der Waals surface area contributed by atoms with E-state index in [1.807, 2.05) is 4.90 Å². The third-order valence-corrected chi connectivity index (χ3v) is 4.10. The van der Waals surface area contributed by atoms with Crippen LogP contribution in [-0.2, 0) is 9.53 Å². The van der Waals surface area contributed by atoms with E-state index in [2.05, 4.69) is 9.97 Å². The predicted molar refractivity (Wildman–Crippen MR) is 89.4 cm³/mol. The van der Waals surface area contributed by atoms with Crippen LogP contribution in [0, 0.1) is 0 Å². The highest BCUT2D eigenvalue weighted by Crippen LogP contribution is 2.20. The van der Waals surface area contributed by atoms with Gasteiger partial charge in [0.25, 0.3) is 0 Å². The van der Waals surface area contributed by atoms with Gasteiger partial charge in [-0.1, -0.05) is 0 Å². The molecule has 3 rings (SSSR count). The summed E-state index contributed by atoms with van der Waals surface area (Å²) in [5.41, 5.74) is 0.827. The summed E-state index contributed by atoms with van der Waals surface area (Å²) in [6.07, 6.45) is 5.16. The lowest BCUT2D eigenvalue weighted by molar-refractivity contribution is -0.132. The topological polar surface area (TPSA) is 100 Å². The number of amides is 1. The second kappa shape index (κ2) is 7.47. The van der Waals surface area contributed by atoms with Gasteiger partial charge in [-0.2, -0.15) is 0 Å². The molecule has 0 aliphatic carbocycles. The van der Waals surface area contributed by atoms with Crippen LogP contribution in [0.4, 0.5) is 5.82 Å². The van der Waals surface area contributed by atoms with Crippen LogP contribution in [0.5, 0.6) is 0 Å². The molecule has 1 fully saturated rings. The lowest BCUT2D eigenvalue weighted by Crippen LogP contribution is -2.49. The normalized spacial score (nSPS) is 14.8. The average molecular weight is 347 g/mol. The van der Waals surface area contributed by atoms with Gasteiger partial charge in [0.2, 0.25) is 5.91 Å². The van der Waals surface area contributed by atoms with Crippen molar-refractivity contribution < 1.29 is 19.4 Å². The van der Waals surface area contributed by atoms with E-state index < -0.39 is 5.97 Å². The van der Waals surface area contributed by atoms with Crippen LogP contribution >= 0.6 is 0 Å². The Bertz CT molecular complexity index is 767. The molecule has 1 saturated heterocycles. The zero-order chi connectivity index (χ0) is 17.8. The van der Waals surface area contributed by atoms with Gasteiger partial charge in [0.1, 0.15) is 0 Å². The molecule has 1 aliphatic rings. The maximum atomic E-state index is 11.9. The van der Waals surface area contributed by atoms with Gasteiger partial charge in [0.05, 0.1) is 13.2 Å². The summed E-state index contributed by atoms with van der Waals surface area (Å²) in [5.74, 6) is 0.169. The number of hydrogen-bond donors (Lipinski definition) is 1. The first-order valence-electron chi connectivity index (χ1n) is 8.28. The second-order valence-corrected chi connectivity index (χ2v) is 5.67. The molecule has 134 valence electrons. The molecule has 25 heavy (non-hydrogen) atoms. The number of esters is 1.